The number of anilines is 2. The number of hydrogen-bond donors (Lipinski definition) is 2. The Kier molecular flexibility index (Phi) is 3.35. The average molecular weight is 298 g/mol. The fraction of sp³-hybridized carbons (Fsp3) is 0.0476. The Morgan fingerprint density at radius 2 is 1.39 bits per heavy atom. The molecule has 0 aromatic heterocycles. The zero-order valence-corrected chi connectivity index (χ0v) is 12.8. The summed E-state index contributed by atoms with van der Waals surface area (Å²) in [7, 11) is 0. The fourth-order valence-electron chi connectivity index (χ4n) is 3.15. The average Bonchev–Trinajstić information content (AvgIpc) is 2.60. The van der Waals surface area contributed by atoms with Crippen molar-refractivity contribution < 1.29 is 0 Å². The molecule has 0 spiro atoms. The van der Waals surface area contributed by atoms with Gasteiger partial charge < -0.3 is 11.1 Å². The number of rotatable bonds is 3. The lowest BCUT2D eigenvalue weighted by Gasteiger charge is -2.13. The van der Waals surface area contributed by atoms with E-state index in [-0.39, 0.29) is 0 Å². The molecule has 112 valence electrons. The Balaban J connectivity index is 1.72. The lowest BCUT2D eigenvalue weighted by molar-refractivity contribution is 1.17. The first-order valence-electron chi connectivity index (χ1n) is 7.81. The third kappa shape index (κ3) is 2.49. The van der Waals surface area contributed by atoms with Gasteiger partial charge in [-0.2, -0.15) is 0 Å². The molecule has 0 aliphatic carbocycles. The van der Waals surface area contributed by atoms with Crippen molar-refractivity contribution in [2.24, 2.45) is 0 Å². The molecule has 0 saturated heterocycles. The summed E-state index contributed by atoms with van der Waals surface area (Å²) in [6, 6.07) is 27.2. The Morgan fingerprint density at radius 1 is 0.696 bits per heavy atom. The summed E-state index contributed by atoms with van der Waals surface area (Å²) < 4.78 is 0. The number of benzene rings is 4. The molecule has 23 heavy (non-hydrogen) atoms. The van der Waals surface area contributed by atoms with Crippen LogP contribution in [-0.2, 0) is 6.54 Å². The van der Waals surface area contributed by atoms with Gasteiger partial charge >= 0.3 is 0 Å². The highest BCUT2D eigenvalue weighted by Gasteiger charge is 2.05. The van der Waals surface area contributed by atoms with Crippen molar-refractivity contribution in [3.8, 4) is 0 Å². The molecule has 4 rings (SSSR count). The van der Waals surface area contributed by atoms with Crippen molar-refractivity contribution in [1.29, 1.82) is 0 Å². The van der Waals surface area contributed by atoms with Crippen molar-refractivity contribution in [1.82, 2.24) is 0 Å². The third-order valence-corrected chi connectivity index (χ3v) is 4.29. The van der Waals surface area contributed by atoms with E-state index < -0.39 is 0 Å². The molecule has 3 N–H and O–H groups in total. The normalized spacial score (nSPS) is 11.0. The number of fused-ring (bicyclic) bond motifs is 2. The monoisotopic (exact) mass is 298 g/mol. The molecule has 2 nitrogen and oxygen atoms in total. The summed E-state index contributed by atoms with van der Waals surface area (Å²) in [5, 5.41) is 8.37. The fourth-order valence-corrected chi connectivity index (χ4v) is 3.15. The number of nitrogens with two attached hydrogens (primary N) is 1. The molecule has 0 aliphatic rings. The smallest absolute Gasteiger partial charge is 0.0443 e. The van der Waals surface area contributed by atoms with Crippen molar-refractivity contribution in [2.45, 2.75) is 6.54 Å². The second-order valence-electron chi connectivity index (χ2n) is 5.74. The van der Waals surface area contributed by atoms with Gasteiger partial charge in [0.15, 0.2) is 0 Å². The minimum atomic E-state index is 0.773. The standard InChI is InChI=1S/C21H18N2/c22-19-12-4-8-16-9-5-13-20(21(16)19)23-14-17-10-3-7-15-6-1-2-11-18(15)17/h1-13,23H,14,22H2. The van der Waals surface area contributed by atoms with Gasteiger partial charge in [0.05, 0.1) is 0 Å². The first-order chi connectivity index (χ1) is 11.3. The van der Waals surface area contributed by atoms with Gasteiger partial charge in [-0.3, -0.25) is 0 Å². The van der Waals surface area contributed by atoms with E-state index in [0.29, 0.717) is 0 Å². The topological polar surface area (TPSA) is 38.0 Å². The Bertz CT molecular complexity index is 979. The molecule has 0 fully saturated rings. The molecular formula is C21H18N2. The van der Waals surface area contributed by atoms with Crippen LogP contribution >= 0.6 is 0 Å². The van der Waals surface area contributed by atoms with Crippen molar-refractivity contribution in [3.05, 3.63) is 84.4 Å². The van der Waals surface area contributed by atoms with Crippen LogP contribution in [0.1, 0.15) is 5.56 Å². The van der Waals surface area contributed by atoms with E-state index in [0.717, 1.165) is 28.7 Å². The lowest BCUT2D eigenvalue weighted by atomic mass is 10.0. The number of nitrogens with one attached hydrogen (secondary N) is 1. The van der Waals surface area contributed by atoms with Crippen molar-refractivity contribution in [2.75, 3.05) is 11.1 Å². The first-order valence-corrected chi connectivity index (χ1v) is 7.81. The molecule has 4 aromatic carbocycles. The molecule has 0 amide bonds. The van der Waals surface area contributed by atoms with Crippen LogP contribution in [0.15, 0.2) is 78.9 Å². The van der Waals surface area contributed by atoms with Gasteiger partial charge in [0.1, 0.15) is 0 Å². The first kappa shape index (κ1) is 13.6. The van der Waals surface area contributed by atoms with E-state index in [1.807, 2.05) is 12.1 Å². The molecule has 2 heteroatoms. The molecule has 0 aliphatic heterocycles. The second kappa shape index (κ2) is 5.65. The van der Waals surface area contributed by atoms with Gasteiger partial charge in [-0.05, 0) is 33.9 Å². The van der Waals surface area contributed by atoms with Crippen LogP contribution < -0.4 is 11.1 Å². The molecular weight excluding hydrogens is 280 g/mol. The number of hydrogen-bond acceptors (Lipinski definition) is 2. The highest BCUT2D eigenvalue weighted by Crippen LogP contribution is 2.29. The summed E-state index contributed by atoms with van der Waals surface area (Å²) >= 11 is 0. The zero-order valence-electron chi connectivity index (χ0n) is 12.8. The van der Waals surface area contributed by atoms with Crippen LogP contribution in [-0.4, -0.2) is 0 Å². The Hall–Kier alpha value is -3.00. The van der Waals surface area contributed by atoms with Gasteiger partial charge in [0.25, 0.3) is 0 Å². The van der Waals surface area contributed by atoms with Crippen molar-refractivity contribution in [3.63, 3.8) is 0 Å². The highest BCUT2D eigenvalue weighted by atomic mass is 14.9. The summed E-state index contributed by atoms with van der Waals surface area (Å²) in [5.41, 5.74) is 9.35. The SMILES string of the molecule is Nc1cccc2cccc(NCc3cccc4ccccc34)c12. The third-order valence-electron chi connectivity index (χ3n) is 4.29. The Morgan fingerprint density at radius 3 is 2.30 bits per heavy atom. The lowest BCUT2D eigenvalue weighted by Crippen LogP contribution is -2.01. The molecule has 0 atom stereocenters. The zero-order chi connectivity index (χ0) is 15.6. The largest absolute Gasteiger partial charge is 0.398 e. The predicted molar refractivity (Wildman–Crippen MR) is 99.6 cm³/mol. The van der Waals surface area contributed by atoms with E-state index in [9.17, 15) is 0 Å². The molecule has 0 unspecified atom stereocenters. The van der Waals surface area contributed by atoms with Gasteiger partial charge in [0.2, 0.25) is 0 Å². The van der Waals surface area contributed by atoms with Gasteiger partial charge in [-0.15, -0.1) is 0 Å². The van der Waals surface area contributed by atoms with Gasteiger partial charge in [-0.25, -0.2) is 0 Å². The van der Waals surface area contributed by atoms with Crippen molar-refractivity contribution >= 4 is 32.9 Å². The Labute approximate surface area is 135 Å². The maximum Gasteiger partial charge on any atom is 0.0443 e. The molecule has 0 heterocycles. The maximum atomic E-state index is 6.18. The molecule has 0 radical (unpaired) electrons. The minimum Gasteiger partial charge on any atom is -0.398 e. The van der Waals surface area contributed by atoms with Crippen LogP contribution in [0.3, 0.4) is 0 Å². The van der Waals surface area contributed by atoms with E-state index in [1.165, 1.54) is 16.3 Å². The summed E-state index contributed by atoms with van der Waals surface area (Å²) in [6.07, 6.45) is 0. The summed E-state index contributed by atoms with van der Waals surface area (Å²) in [5.74, 6) is 0. The van der Waals surface area contributed by atoms with Crippen LogP contribution in [0.25, 0.3) is 21.5 Å². The summed E-state index contributed by atoms with van der Waals surface area (Å²) in [6.45, 7) is 0.773. The van der Waals surface area contributed by atoms with E-state index in [2.05, 4.69) is 72.0 Å². The quantitative estimate of drug-likeness (QED) is 0.511. The van der Waals surface area contributed by atoms with E-state index in [4.69, 9.17) is 5.73 Å². The van der Waals surface area contributed by atoms with Gasteiger partial charge in [0, 0.05) is 23.3 Å². The van der Waals surface area contributed by atoms with Crippen LogP contribution in [0.2, 0.25) is 0 Å². The molecule has 0 bridgehead atoms. The second-order valence-corrected chi connectivity index (χ2v) is 5.74. The highest BCUT2D eigenvalue weighted by molar-refractivity contribution is 6.02. The van der Waals surface area contributed by atoms with E-state index >= 15 is 0 Å². The maximum absolute atomic E-state index is 6.18. The van der Waals surface area contributed by atoms with Crippen LogP contribution in [0, 0.1) is 0 Å². The number of nitrogen functional groups attached to an aromatic ring is 1. The molecule has 4 aromatic rings. The minimum absolute atomic E-state index is 0.773. The van der Waals surface area contributed by atoms with E-state index in [1.54, 1.807) is 0 Å². The van der Waals surface area contributed by atoms with Crippen LogP contribution in [0.5, 0.6) is 0 Å². The predicted octanol–water partition coefficient (Wildman–Crippen LogP) is 5.19. The van der Waals surface area contributed by atoms with Gasteiger partial charge in [-0.1, -0.05) is 66.7 Å². The summed E-state index contributed by atoms with van der Waals surface area (Å²) in [4.78, 5) is 0. The molecule has 0 saturated carbocycles. The van der Waals surface area contributed by atoms with Crippen LogP contribution in [0.4, 0.5) is 11.4 Å².